The van der Waals surface area contributed by atoms with Crippen molar-refractivity contribution in [2.24, 2.45) is 0 Å². The molecule has 18 heavy (non-hydrogen) atoms. The topological polar surface area (TPSA) is 23.5 Å². The quantitative estimate of drug-likeness (QED) is 0.876. The first kappa shape index (κ1) is 11.2. The SMILES string of the molecule is Oc1cc(F)cc(CN2Cc3ccccc3C2)c1. The van der Waals surface area contributed by atoms with Crippen LogP contribution in [0.1, 0.15) is 16.7 Å². The maximum atomic E-state index is 13.2. The molecule has 0 aliphatic carbocycles. The minimum Gasteiger partial charge on any atom is -0.508 e. The van der Waals surface area contributed by atoms with Crippen LogP contribution in [0, 0.1) is 5.82 Å². The standard InChI is InChI=1S/C15H14FNO/c16-14-5-11(6-15(18)7-14)8-17-9-12-3-1-2-4-13(12)10-17/h1-7,18H,8-10H2. The first-order chi connectivity index (χ1) is 8.70. The fourth-order valence-corrected chi connectivity index (χ4v) is 2.50. The van der Waals surface area contributed by atoms with Crippen LogP contribution in [0.3, 0.4) is 0 Å². The predicted octanol–water partition coefficient (Wildman–Crippen LogP) is 3.05. The van der Waals surface area contributed by atoms with Crippen LogP contribution in [0.2, 0.25) is 0 Å². The molecule has 0 aromatic heterocycles. The number of benzene rings is 2. The largest absolute Gasteiger partial charge is 0.508 e. The van der Waals surface area contributed by atoms with Gasteiger partial charge >= 0.3 is 0 Å². The van der Waals surface area contributed by atoms with Crippen LogP contribution in [0.25, 0.3) is 0 Å². The van der Waals surface area contributed by atoms with Crippen molar-refractivity contribution in [1.82, 2.24) is 4.90 Å². The summed E-state index contributed by atoms with van der Waals surface area (Å²) in [4.78, 5) is 2.24. The van der Waals surface area contributed by atoms with E-state index in [1.165, 1.54) is 17.2 Å². The lowest BCUT2D eigenvalue weighted by Crippen LogP contribution is -2.15. The van der Waals surface area contributed by atoms with Crippen LogP contribution in [0.5, 0.6) is 5.75 Å². The maximum absolute atomic E-state index is 13.2. The molecule has 0 amide bonds. The molecule has 3 rings (SSSR count). The van der Waals surface area contributed by atoms with E-state index in [0.717, 1.165) is 24.7 Å². The van der Waals surface area contributed by atoms with Gasteiger partial charge in [-0.2, -0.15) is 0 Å². The molecular weight excluding hydrogens is 229 g/mol. The van der Waals surface area contributed by atoms with E-state index in [0.29, 0.717) is 6.54 Å². The molecule has 2 nitrogen and oxygen atoms in total. The van der Waals surface area contributed by atoms with Gasteiger partial charge in [0.1, 0.15) is 11.6 Å². The lowest BCUT2D eigenvalue weighted by Gasteiger charge is -2.15. The third-order valence-corrected chi connectivity index (χ3v) is 3.25. The summed E-state index contributed by atoms with van der Waals surface area (Å²) in [6, 6.07) is 12.5. The van der Waals surface area contributed by atoms with Gasteiger partial charge in [0.15, 0.2) is 0 Å². The Balaban J connectivity index is 1.76. The van der Waals surface area contributed by atoms with Crippen LogP contribution in [-0.2, 0) is 19.6 Å². The summed E-state index contributed by atoms with van der Waals surface area (Å²) in [5.74, 6) is -0.400. The van der Waals surface area contributed by atoms with Gasteiger partial charge in [0.25, 0.3) is 0 Å². The van der Waals surface area contributed by atoms with E-state index < -0.39 is 0 Å². The van der Waals surface area contributed by atoms with Crippen molar-refractivity contribution in [3.05, 3.63) is 65.0 Å². The summed E-state index contributed by atoms with van der Waals surface area (Å²) >= 11 is 0. The van der Waals surface area contributed by atoms with Crippen molar-refractivity contribution < 1.29 is 9.50 Å². The molecule has 2 aromatic rings. The summed E-state index contributed by atoms with van der Waals surface area (Å²) in [6.45, 7) is 2.42. The van der Waals surface area contributed by atoms with E-state index in [1.54, 1.807) is 6.07 Å². The molecule has 0 radical (unpaired) electrons. The maximum Gasteiger partial charge on any atom is 0.127 e. The molecule has 3 heteroatoms. The molecule has 1 aliphatic rings. The van der Waals surface area contributed by atoms with Crippen molar-refractivity contribution >= 4 is 0 Å². The van der Waals surface area contributed by atoms with E-state index in [4.69, 9.17) is 0 Å². The zero-order valence-electron chi connectivity index (χ0n) is 9.94. The molecular formula is C15H14FNO. The highest BCUT2D eigenvalue weighted by atomic mass is 19.1. The Labute approximate surface area is 105 Å². The van der Waals surface area contributed by atoms with E-state index >= 15 is 0 Å². The summed E-state index contributed by atoms with van der Waals surface area (Å²) in [5.41, 5.74) is 3.47. The van der Waals surface area contributed by atoms with Crippen LogP contribution in [-0.4, -0.2) is 10.0 Å². The van der Waals surface area contributed by atoms with Crippen LogP contribution in [0.15, 0.2) is 42.5 Å². The van der Waals surface area contributed by atoms with Crippen molar-refractivity contribution in [2.45, 2.75) is 19.6 Å². The van der Waals surface area contributed by atoms with Gasteiger partial charge in [-0.05, 0) is 28.8 Å². The van der Waals surface area contributed by atoms with Gasteiger partial charge in [-0.3, -0.25) is 4.90 Å². The Morgan fingerprint density at radius 1 is 1.06 bits per heavy atom. The fourth-order valence-electron chi connectivity index (χ4n) is 2.50. The van der Waals surface area contributed by atoms with Crippen LogP contribution < -0.4 is 0 Å². The van der Waals surface area contributed by atoms with E-state index in [2.05, 4.69) is 17.0 Å². The summed E-state index contributed by atoms with van der Waals surface area (Å²) in [5, 5.41) is 9.38. The summed E-state index contributed by atoms with van der Waals surface area (Å²) < 4.78 is 13.2. The van der Waals surface area contributed by atoms with Gasteiger partial charge in [0.05, 0.1) is 0 Å². The summed E-state index contributed by atoms with van der Waals surface area (Å²) in [7, 11) is 0. The fraction of sp³-hybridized carbons (Fsp3) is 0.200. The lowest BCUT2D eigenvalue weighted by atomic mass is 10.1. The van der Waals surface area contributed by atoms with Gasteiger partial charge in [-0.15, -0.1) is 0 Å². The Morgan fingerprint density at radius 2 is 1.72 bits per heavy atom. The Bertz CT molecular complexity index is 537. The normalized spacial score (nSPS) is 14.7. The number of phenolic OH excluding ortho intramolecular Hbond substituents is 1. The van der Waals surface area contributed by atoms with E-state index in [1.807, 2.05) is 12.1 Å². The minimum atomic E-state index is -0.387. The number of fused-ring (bicyclic) bond motifs is 1. The Hall–Kier alpha value is -1.87. The second-order valence-corrected chi connectivity index (χ2v) is 4.73. The zero-order chi connectivity index (χ0) is 12.5. The number of rotatable bonds is 2. The zero-order valence-corrected chi connectivity index (χ0v) is 9.94. The highest BCUT2D eigenvalue weighted by molar-refractivity contribution is 5.32. The lowest BCUT2D eigenvalue weighted by molar-refractivity contribution is 0.274. The van der Waals surface area contributed by atoms with Crippen LogP contribution in [0.4, 0.5) is 4.39 Å². The number of hydrogen-bond acceptors (Lipinski definition) is 2. The van der Waals surface area contributed by atoms with E-state index in [9.17, 15) is 9.50 Å². The van der Waals surface area contributed by atoms with Gasteiger partial charge < -0.3 is 5.11 Å². The smallest absolute Gasteiger partial charge is 0.127 e. The van der Waals surface area contributed by atoms with Gasteiger partial charge in [-0.25, -0.2) is 4.39 Å². The number of aromatic hydroxyl groups is 1. The third kappa shape index (κ3) is 2.22. The highest BCUT2D eigenvalue weighted by Crippen LogP contribution is 2.25. The van der Waals surface area contributed by atoms with Crippen molar-refractivity contribution in [3.8, 4) is 5.75 Å². The van der Waals surface area contributed by atoms with Gasteiger partial charge in [0, 0.05) is 25.7 Å². The Kier molecular flexibility index (Phi) is 2.76. The molecule has 1 N–H and O–H groups in total. The molecule has 0 fully saturated rings. The second kappa shape index (κ2) is 4.42. The molecule has 2 aromatic carbocycles. The number of halogens is 1. The average Bonchev–Trinajstić information content (AvgIpc) is 2.69. The minimum absolute atomic E-state index is 0.0123. The van der Waals surface area contributed by atoms with Crippen molar-refractivity contribution in [2.75, 3.05) is 0 Å². The molecule has 92 valence electrons. The number of nitrogens with zero attached hydrogens (tertiary/aromatic N) is 1. The van der Waals surface area contributed by atoms with Crippen LogP contribution >= 0.6 is 0 Å². The average molecular weight is 243 g/mol. The van der Waals surface area contributed by atoms with Gasteiger partial charge in [-0.1, -0.05) is 24.3 Å². The molecule has 0 bridgehead atoms. The van der Waals surface area contributed by atoms with Crippen molar-refractivity contribution in [3.63, 3.8) is 0 Å². The highest BCUT2D eigenvalue weighted by Gasteiger charge is 2.18. The van der Waals surface area contributed by atoms with E-state index in [-0.39, 0.29) is 11.6 Å². The molecule has 0 unspecified atom stereocenters. The third-order valence-electron chi connectivity index (χ3n) is 3.25. The molecule has 0 atom stereocenters. The first-order valence-corrected chi connectivity index (χ1v) is 5.98. The van der Waals surface area contributed by atoms with Crippen molar-refractivity contribution in [1.29, 1.82) is 0 Å². The predicted molar refractivity (Wildman–Crippen MR) is 67.5 cm³/mol. The number of hydrogen-bond donors (Lipinski definition) is 1. The molecule has 0 saturated heterocycles. The first-order valence-electron chi connectivity index (χ1n) is 5.98. The molecule has 1 aliphatic heterocycles. The Morgan fingerprint density at radius 3 is 2.33 bits per heavy atom. The van der Waals surface area contributed by atoms with Gasteiger partial charge in [0.2, 0.25) is 0 Å². The molecule has 0 saturated carbocycles. The monoisotopic (exact) mass is 243 g/mol. The second-order valence-electron chi connectivity index (χ2n) is 4.73. The molecule has 0 spiro atoms. The summed E-state index contributed by atoms with van der Waals surface area (Å²) in [6.07, 6.45) is 0. The molecule has 1 heterocycles. The number of phenols is 1.